The van der Waals surface area contributed by atoms with E-state index in [0.29, 0.717) is 17.2 Å². The number of fused-ring (bicyclic) bond motifs is 1. The number of hydrogen-bond acceptors (Lipinski definition) is 6. The summed E-state index contributed by atoms with van der Waals surface area (Å²) in [5.41, 5.74) is 0.444. The van der Waals surface area contributed by atoms with Crippen LogP contribution in [0.1, 0.15) is 0 Å². The molecule has 0 aromatic heterocycles. The van der Waals surface area contributed by atoms with E-state index < -0.39 is 10.0 Å². The third kappa shape index (κ3) is 4.07. The van der Waals surface area contributed by atoms with Crippen molar-refractivity contribution < 1.29 is 27.4 Å². The number of carbonyl (C=O) groups excluding carboxylic acids is 1. The number of benzene rings is 2. The lowest BCUT2D eigenvalue weighted by Crippen LogP contribution is -2.47. The van der Waals surface area contributed by atoms with Gasteiger partial charge in [0.25, 0.3) is 5.91 Å². The number of ether oxygens (including phenoxy) is 3. The fourth-order valence-corrected chi connectivity index (χ4v) is 4.75. The van der Waals surface area contributed by atoms with E-state index in [0.717, 1.165) is 0 Å². The Hall–Kier alpha value is -2.62. The van der Waals surface area contributed by atoms with Crippen molar-refractivity contribution in [3.05, 3.63) is 48.5 Å². The first-order valence-electron chi connectivity index (χ1n) is 9.28. The Balaban J connectivity index is 1.49. The molecule has 2 aliphatic heterocycles. The Bertz CT molecular complexity index is 995. The van der Waals surface area contributed by atoms with Crippen LogP contribution in [0.3, 0.4) is 0 Å². The van der Waals surface area contributed by atoms with E-state index in [4.69, 9.17) is 14.2 Å². The van der Waals surface area contributed by atoms with Crippen molar-refractivity contribution in [3.63, 3.8) is 0 Å². The number of likely N-dealkylation sites (N-methyl/N-ethyl adjacent to an activating group) is 1. The zero-order valence-electron chi connectivity index (χ0n) is 16.0. The van der Waals surface area contributed by atoms with Crippen molar-refractivity contribution in [2.24, 2.45) is 0 Å². The van der Waals surface area contributed by atoms with Crippen LogP contribution in [0.2, 0.25) is 0 Å². The lowest BCUT2D eigenvalue weighted by atomic mass is 10.2. The van der Waals surface area contributed by atoms with Gasteiger partial charge in [-0.2, -0.15) is 4.31 Å². The number of morpholine rings is 1. The van der Waals surface area contributed by atoms with Gasteiger partial charge in [0.1, 0.15) is 24.2 Å². The Morgan fingerprint density at radius 3 is 2.76 bits per heavy atom. The summed E-state index contributed by atoms with van der Waals surface area (Å²) in [6.45, 7) is 0.936. The minimum atomic E-state index is -3.75. The second-order valence-electron chi connectivity index (χ2n) is 6.85. The van der Waals surface area contributed by atoms with Crippen LogP contribution in [-0.2, 0) is 19.6 Å². The van der Waals surface area contributed by atoms with Crippen molar-refractivity contribution in [3.8, 4) is 11.5 Å². The fraction of sp³-hybridized carbons (Fsp3) is 0.350. The summed E-state index contributed by atoms with van der Waals surface area (Å²) in [7, 11) is -2.15. The molecular formula is C20H22N2O6S. The maximum absolute atomic E-state index is 13.2. The molecule has 1 fully saturated rings. The summed E-state index contributed by atoms with van der Waals surface area (Å²) in [5.74, 6) is 0.970. The van der Waals surface area contributed by atoms with E-state index in [-0.39, 0.29) is 49.8 Å². The lowest BCUT2D eigenvalue weighted by molar-refractivity contribution is -0.120. The second-order valence-corrected chi connectivity index (χ2v) is 8.79. The predicted molar refractivity (Wildman–Crippen MR) is 106 cm³/mol. The highest BCUT2D eigenvalue weighted by atomic mass is 32.2. The highest BCUT2D eigenvalue weighted by Crippen LogP contribution is 2.34. The van der Waals surface area contributed by atoms with Gasteiger partial charge in [-0.3, -0.25) is 4.79 Å². The van der Waals surface area contributed by atoms with Crippen LogP contribution >= 0.6 is 0 Å². The van der Waals surface area contributed by atoms with Crippen molar-refractivity contribution in [2.75, 3.05) is 44.9 Å². The van der Waals surface area contributed by atoms with Crippen molar-refractivity contribution >= 4 is 21.6 Å². The van der Waals surface area contributed by atoms with Crippen LogP contribution in [0.15, 0.2) is 53.4 Å². The Morgan fingerprint density at radius 1 is 1.17 bits per heavy atom. The number of sulfonamides is 1. The van der Waals surface area contributed by atoms with Crippen molar-refractivity contribution in [1.82, 2.24) is 4.31 Å². The molecule has 4 rings (SSSR count). The van der Waals surface area contributed by atoms with Gasteiger partial charge in [0.05, 0.1) is 17.2 Å². The number of amides is 1. The molecule has 2 aromatic rings. The number of hydrogen-bond donors (Lipinski definition) is 0. The maximum Gasteiger partial charge on any atom is 0.264 e. The van der Waals surface area contributed by atoms with Gasteiger partial charge in [0.2, 0.25) is 10.0 Å². The molecule has 0 aliphatic carbocycles. The largest absolute Gasteiger partial charge is 0.491 e. The molecule has 29 heavy (non-hydrogen) atoms. The normalized spacial score (nSPS) is 20.1. The minimum Gasteiger partial charge on any atom is -0.491 e. The highest BCUT2D eigenvalue weighted by molar-refractivity contribution is 7.89. The van der Waals surface area contributed by atoms with Gasteiger partial charge < -0.3 is 19.1 Å². The van der Waals surface area contributed by atoms with Gasteiger partial charge in [-0.1, -0.05) is 18.2 Å². The van der Waals surface area contributed by atoms with Gasteiger partial charge >= 0.3 is 0 Å². The summed E-state index contributed by atoms with van der Waals surface area (Å²) < 4.78 is 44.5. The quantitative estimate of drug-likeness (QED) is 0.732. The van der Waals surface area contributed by atoms with Crippen molar-refractivity contribution in [2.45, 2.75) is 11.0 Å². The van der Waals surface area contributed by atoms with Crippen LogP contribution in [0.25, 0.3) is 0 Å². The average molecular weight is 418 g/mol. The number of carbonyl (C=O) groups is 1. The van der Waals surface area contributed by atoms with Crippen LogP contribution in [0.4, 0.5) is 5.69 Å². The summed E-state index contributed by atoms with van der Waals surface area (Å²) in [5, 5.41) is 0. The predicted octanol–water partition coefficient (Wildman–Crippen LogP) is 1.51. The molecule has 1 atom stereocenters. The molecule has 154 valence electrons. The zero-order chi connectivity index (χ0) is 20.4. The summed E-state index contributed by atoms with van der Waals surface area (Å²) >= 11 is 0. The molecule has 0 bridgehead atoms. The van der Waals surface area contributed by atoms with Crippen LogP contribution in [0.5, 0.6) is 11.5 Å². The van der Waals surface area contributed by atoms with Crippen LogP contribution in [-0.4, -0.2) is 64.7 Å². The van der Waals surface area contributed by atoms with Gasteiger partial charge in [-0.05, 0) is 30.3 Å². The first kappa shape index (κ1) is 19.7. The zero-order valence-corrected chi connectivity index (χ0v) is 16.8. The smallest absolute Gasteiger partial charge is 0.264 e. The van der Waals surface area contributed by atoms with Gasteiger partial charge in [0, 0.05) is 20.1 Å². The molecule has 9 heteroatoms. The molecule has 2 aliphatic rings. The summed E-state index contributed by atoms with van der Waals surface area (Å²) in [6.07, 6.45) is -0.371. The number of para-hydroxylation sites is 1. The highest BCUT2D eigenvalue weighted by Gasteiger charge is 2.33. The minimum absolute atomic E-state index is 0.0534. The first-order valence-corrected chi connectivity index (χ1v) is 10.7. The molecule has 1 amide bonds. The average Bonchev–Trinajstić information content (AvgIpc) is 2.75. The first-order chi connectivity index (χ1) is 13.9. The number of nitrogens with zero attached hydrogens (tertiary/aromatic N) is 2. The van der Waals surface area contributed by atoms with E-state index in [1.165, 1.54) is 21.3 Å². The van der Waals surface area contributed by atoms with E-state index in [1.54, 1.807) is 13.1 Å². The van der Waals surface area contributed by atoms with Crippen molar-refractivity contribution in [1.29, 1.82) is 0 Å². The number of rotatable bonds is 5. The van der Waals surface area contributed by atoms with E-state index in [9.17, 15) is 13.2 Å². The molecule has 8 nitrogen and oxygen atoms in total. The lowest BCUT2D eigenvalue weighted by Gasteiger charge is -2.32. The van der Waals surface area contributed by atoms with Gasteiger partial charge in [0.15, 0.2) is 6.61 Å². The Labute approximate surface area is 169 Å². The molecule has 0 radical (unpaired) electrons. The molecule has 2 heterocycles. The standard InChI is InChI=1S/C20H22N2O6S/c1-21-18-11-17(7-8-19(18)28-14-20(21)23)29(24,25)22-9-10-26-16(12-22)13-27-15-5-3-2-4-6-15/h2-8,11,16H,9-10,12-14H2,1H3/t16-/m1/s1. The van der Waals surface area contributed by atoms with Gasteiger partial charge in [-0.15, -0.1) is 0 Å². The topological polar surface area (TPSA) is 85.4 Å². The summed E-state index contributed by atoms with van der Waals surface area (Å²) in [4.78, 5) is 13.4. The number of anilines is 1. The second kappa shape index (κ2) is 8.02. The van der Waals surface area contributed by atoms with Gasteiger partial charge in [-0.25, -0.2) is 8.42 Å². The van der Waals surface area contributed by atoms with Crippen LogP contribution in [0, 0.1) is 0 Å². The van der Waals surface area contributed by atoms with E-state index in [2.05, 4.69) is 0 Å². The molecule has 0 N–H and O–H groups in total. The van der Waals surface area contributed by atoms with E-state index >= 15 is 0 Å². The molecule has 2 aromatic carbocycles. The SMILES string of the molecule is CN1C(=O)COc2ccc(S(=O)(=O)N3CCO[C@@H](COc4ccccc4)C3)cc21. The molecular weight excluding hydrogens is 396 g/mol. The maximum atomic E-state index is 13.2. The Morgan fingerprint density at radius 2 is 1.97 bits per heavy atom. The third-order valence-corrected chi connectivity index (χ3v) is 6.80. The molecule has 0 saturated carbocycles. The summed E-state index contributed by atoms with van der Waals surface area (Å²) in [6, 6.07) is 13.9. The molecule has 0 unspecified atom stereocenters. The molecule has 0 spiro atoms. The molecule has 1 saturated heterocycles. The van der Waals surface area contributed by atoms with Crippen LogP contribution < -0.4 is 14.4 Å². The monoisotopic (exact) mass is 418 g/mol. The van der Waals surface area contributed by atoms with E-state index in [1.807, 2.05) is 30.3 Å². The third-order valence-electron chi connectivity index (χ3n) is 4.94. The Kier molecular flexibility index (Phi) is 5.44. The fourth-order valence-electron chi connectivity index (χ4n) is 3.28.